The molecule has 0 radical (unpaired) electrons. The van der Waals surface area contributed by atoms with Crippen LogP contribution in [-0.4, -0.2) is 17.5 Å². The van der Waals surface area contributed by atoms with E-state index in [-0.39, 0.29) is 17.5 Å². The number of amides is 1. The number of nitrogens with two attached hydrogens (primary N) is 1. The van der Waals surface area contributed by atoms with E-state index in [0.717, 1.165) is 25.7 Å². The van der Waals surface area contributed by atoms with Gasteiger partial charge in [0.1, 0.15) is 0 Å². The lowest BCUT2D eigenvalue weighted by Crippen LogP contribution is -2.45. The van der Waals surface area contributed by atoms with Crippen molar-refractivity contribution < 1.29 is 4.79 Å². The van der Waals surface area contributed by atoms with Crippen LogP contribution in [0, 0.1) is 0 Å². The summed E-state index contributed by atoms with van der Waals surface area (Å²) >= 11 is 0. The Morgan fingerprint density at radius 3 is 2.55 bits per heavy atom. The summed E-state index contributed by atoms with van der Waals surface area (Å²) in [6.07, 6.45) is 4.23. The highest BCUT2D eigenvalue weighted by Crippen LogP contribution is 2.14. The number of hydrogen-bond donors (Lipinski definition) is 2. The Morgan fingerprint density at radius 2 is 1.95 bits per heavy atom. The van der Waals surface area contributed by atoms with Gasteiger partial charge in [-0.05, 0) is 38.7 Å². The normalized spacial score (nSPS) is 13.0. The van der Waals surface area contributed by atoms with Crippen molar-refractivity contribution in [3.63, 3.8) is 0 Å². The van der Waals surface area contributed by atoms with Crippen LogP contribution in [0.25, 0.3) is 0 Å². The fourth-order valence-electron chi connectivity index (χ4n) is 2.30. The first-order valence-electron chi connectivity index (χ1n) is 7.53. The lowest BCUT2D eigenvalue weighted by molar-refractivity contribution is -0.123. The van der Waals surface area contributed by atoms with Crippen LogP contribution < -0.4 is 11.1 Å². The van der Waals surface area contributed by atoms with Gasteiger partial charge in [-0.3, -0.25) is 4.79 Å². The maximum absolute atomic E-state index is 12.0. The summed E-state index contributed by atoms with van der Waals surface area (Å²) in [5.74, 6) is 0.0593. The zero-order valence-corrected chi connectivity index (χ0v) is 13.0. The molecule has 0 bridgehead atoms. The molecule has 0 aliphatic carbocycles. The van der Waals surface area contributed by atoms with E-state index in [9.17, 15) is 4.79 Å². The smallest absolute Gasteiger partial charge is 0.221 e. The Balaban J connectivity index is 2.38. The summed E-state index contributed by atoms with van der Waals surface area (Å²) in [7, 11) is 0. The first-order valence-corrected chi connectivity index (χ1v) is 7.53. The molecule has 0 aromatic heterocycles. The van der Waals surface area contributed by atoms with E-state index < -0.39 is 0 Å². The van der Waals surface area contributed by atoms with Crippen LogP contribution in [0.2, 0.25) is 0 Å². The largest absolute Gasteiger partial charge is 0.351 e. The molecule has 1 unspecified atom stereocenters. The topological polar surface area (TPSA) is 55.1 Å². The Kier molecular flexibility index (Phi) is 6.73. The van der Waals surface area contributed by atoms with Gasteiger partial charge >= 0.3 is 0 Å². The molecule has 0 aliphatic heterocycles. The molecule has 3 nitrogen and oxygen atoms in total. The van der Waals surface area contributed by atoms with Gasteiger partial charge < -0.3 is 11.1 Å². The second-order valence-corrected chi connectivity index (χ2v) is 6.17. The number of carbonyl (C=O) groups excluding carboxylic acids is 1. The average molecular weight is 276 g/mol. The molecule has 0 saturated carbocycles. The third-order valence-corrected chi connectivity index (χ3v) is 3.47. The van der Waals surface area contributed by atoms with Crippen LogP contribution in [0.1, 0.15) is 52.0 Å². The molecule has 1 atom stereocenters. The number of carbonyl (C=O) groups is 1. The van der Waals surface area contributed by atoms with Crippen molar-refractivity contribution >= 4 is 5.91 Å². The molecular formula is C17H28N2O. The summed E-state index contributed by atoms with van der Waals surface area (Å²) in [5, 5.41) is 3.10. The zero-order valence-electron chi connectivity index (χ0n) is 13.0. The van der Waals surface area contributed by atoms with Crippen molar-refractivity contribution in [1.82, 2.24) is 5.32 Å². The first kappa shape index (κ1) is 16.7. The quantitative estimate of drug-likeness (QED) is 0.767. The standard InChI is InChI=1S/C17H28N2O/c1-4-8-15(18)13-16(20)19-17(2,3)12-11-14-9-6-5-7-10-14/h5-7,9-10,15H,4,8,11-13,18H2,1-3H3,(H,19,20). The Hall–Kier alpha value is -1.35. The Labute approximate surface area is 122 Å². The molecule has 0 spiro atoms. The second kappa shape index (κ2) is 8.05. The molecule has 112 valence electrons. The highest BCUT2D eigenvalue weighted by atomic mass is 16.1. The summed E-state index contributed by atoms with van der Waals surface area (Å²) in [5.41, 5.74) is 7.02. The predicted molar refractivity (Wildman–Crippen MR) is 84.5 cm³/mol. The van der Waals surface area contributed by atoms with Gasteiger partial charge in [0.2, 0.25) is 5.91 Å². The van der Waals surface area contributed by atoms with Gasteiger partial charge in [-0.25, -0.2) is 0 Å². The molecule has 3 N–H and O–H groups in total. The van der Waals surface area contributed by atoms with E-state index >= 15 is 0 Å². The maximum Gasteiger partial charge on any atom is 0.221 e. The SMILES string of the molecule is CCCC(N)CC(=O)NC(C)(C)CCc1ccccc1. The van der Waals surface area contributed by atoms with E-state index in [1.165, 1.54) is 5.56 Å². The summed E-state index contributed by atoms with van der Waals surface area (Å²) in [4.78, 5) is 12.0. The second-order valence-electron chi connectivity index (χ2n) is 6.17. The van der Waals surface area contributed by atoms with Crippen molar-refractivity contribution in [2.24, 2.45) is 5.73 Å². The molecule has 1 amide bonds. The van der Waals surface area contributed by atoms with Gasteiger partial charge in [-0.1, -0.05) is 43.7 Å². The molecule has 0 heterocycles. The zero-order chi connectivity index (χ0) is 15.0. The molecule has 1 rings (SSSR count). The van der Waals surface area contributed by atoms with Gasteiger partial charge in [0.25, 0.3) is 0 Å². The highest BCUT2D eigenvalue weighted by Gasteiger charge is 2.21. The van der Waals surface area contributed by atoms with Crippen molar-refractivity contribution in [3.05, 3.63) is 35.9 Å². The fraction of sp³-hybridized carbons (Fsp3) is 0.588. The summed E-state index contributed by atoms with van der Waals surface area (Å²) in [6, 6.07) is 10.3. The average Bonchev–Trinajstić information content (AvgIpc) is 2.37. The number of hydrogen-bond acceptors (Lipinski definition) is 2. The van der Waals surface area contributed by atoms with Crippen molar-refractivity contribution in [1.29, 1.82) is 0 Å². The fourth-order valence-corrected chi connectivity index (χ4v) is 2.30. The van der Waals surface area contributed by atoms with Crippen LogP contribution in [0.4, 0.5) is 0 Å². The summed E-state index contributed by atoms with van der Waals surface area (Å²) in [6.45, 7) is 6.22. The van der Waals surface area contributed by atoms with Gasteiger partial charge in [0.15, 0.2) is 0 Å². The van der Waals surface area contributed by atoms with Crippen LogP contribution in [0.3, 0.4) is 0 Å². The van der Waals surface area contributed by atoms with Gasteiger partial charge in [0.05, 0.1) is 0 Å². The maximum atomic E-state index is 12.0. The Morgan fingerprint density at radius 1 is 1.30 bits per heavy atom. The lowest BCUT2D eigenvalue weighted by Gasteiger charge is -2.27. The van der Waals surface area contributed by atoms with Gasteiger partial charge in [-0.2, -0.15) is 0 Å². The molecule has 0 saturated heterocycles. The van der Waals surface area contributed by atoms with Gasteiger partial charge in [-0.15, -0.1) is 0 Å². The predicted octanol–water partition coefficient (Wildman–Crippen LogP) is 3.03. The molecule has 0 aliphatic rings. The van der Waals surface area contributed by atoms with Crippen molar-refractivity contribution in [2.45, 2.75) is 64.5 Å². The molecule has 1 aromatic carbocycles. The van der Waals surface area contributed by atoms with E-state index in [0.29, 0.717) is 6.42 Å². The lowest BCUT2D eigenvalue weighted by atomic mass is 9.94. The number of rotatable bonds is 8. The van der Waals surface area contributed by atoms with Crippen molar-refractivity contribution in [3.8, 4) is 0 Å². The minimum atomic E-state index is -0.196. The van der Waals surface area contributed by atoms with Crippen LogP contribution in [-0.2, 0) is 11.2 Å². The minimum absolute atomic E-state index is 0.0232. The Bertz CT molecular complexity index is 401. The third-order valence-electron chi connectivity index (χ3n) is 3.47. The molecule has 20 heavy (non-hydrogen) atoms. The van der Waals surface area contributed by atoms with E-state index in [4.69, 9.17) is 5.73 Å². The monoisotopic (exact) mass is 276 g/mol. The minimum Gasteiger partial charge on any atom is -0.351 e. The number of aryl methyl sites for hydroxylation is 1. The molecular weight excluding hydrogens is 248 g/mol. The van der Waals surface area contributed by atoms with Crippen LogP contribution in [0.5, 0.6) is 0 Å². The third kappa shape index (κ3) is 6.71. The van der Waals surface area contributed by atoms with E-state index in [2.05, 4.69) is 38.2 Å². The summed E-state index contributed by atoms with van der Waals surface area (Å²) < 4.78 is 0. The molecule has 1 aromatic rings. The van der Waals surface area contributed by atoms with Crippen LogP contribution in [0.15, 0.2) is 30.3 Å². The first-order chi connectivity index (χ1) is 9.43. The number of nitrogens with one attached hydrogen (secondary N) is 1. The van der Waals surface area contributed by atoms with Crippen molar-refractivity contribution in [2.75, 3.05) is 0 Å². The number of benzene rings is 1. The van der Waals surface area contributed by atoms with E-state index in [1.807, 2.05) is 18.2 Å². The van der Waals surface area contributed by atoms with Crippen LogP contribution >= 0.6 is 0 Å². The molecule has 0 fully saturated rings. The van der Waals surface area contributed by atoms with Gasteiger partial charge in [0, 0.05) is 18.0 Å². The molecule has 3 heteroatoms. The van der Waals surface area contributed by atoms with E-state index in [1.54, 1.807) is 0 Å². The highest BCUT2D eigenvalue weighted by molar-refractivity contribution is 5.77.